The van der Waals surface area contributed by atoms with Gasteiger partial charge in [0.15, 0.2) is 0 Å². The number of non-ortho nitro benzene ring substituents is 1. The Morgan fingerprint density at radius 1 is 0.944 bits per heavy atom. The molecule has 5 rings (SSSR count). The van der Waals surface area contributed by atoms with Gasteiger partial charge in [-0.15, -0.1) is 0 Å². The van der Waals surface area contributed by atoms with Crippen LogP contribution in [0.25, 0.3) is 0 Å². The summed E-state index contributed by atoms with van der Waals surface area (Å²) in [4.78, 5) is 29.4. The fraction of sp³-hybridized carbons (Fsp3) is 0.400. The van der Waals surface area contributed by atoms with Crippen molar-refractivity contribution in [2.45, 2.75) is 43.4 Å². The number of halogens is 3. The van der Waals surface area contributed by atoms with Crippen molar-refractivity contribution in [3.63, 3.8) is 0 Å². The molecule has 8 nitrogen and oxygen atoms in total. The third-order valence-corrected chi connectivity index (χ3v) is 6.91. The topological polar surface area (TPSA) is 79.2 Å². The van der Waals surface area contributed by atoms with Crippen LogP contribution in [0.3, 0.4) is 0 Å². The van der Waals surface area contributed by atoms with Gasteiger partial charge in [-0.25, -0.2) is 4.79 Å². The first kappa shape index (κ1) is 24.0. The van der Waals surface area contributed by atoms with Crippen molar-refractivity contribution < 1.29 is 27.6 Å². The summed E-state index contributed by atoms with van der Waals surface area (Å²) >= 11 is 0. The lowest BCUT2D eigenvalue weighted by Crippen LogP contribution is -2.52. The van der Waals surface area contributed by atoms with Gasteiger partial charge in [-0.2, -0.15) is 13.2 Å². The molecule has 11 heteroatoms. The minimum Gasteiger partial charge on any atom is -0.410 e. The Balaban J connectivity index is 1.33. The van der Waals surface area contributed by atoms with Crippen molar-refractivity contribution in [1.82, 2.24) is 14.7 Å². The lowest BCUT2D eigenvalue weighted by Gasteiger charge is -2.41. The first-order chi connectivity index (χ1) is 17.2. The van der Waals surface area contributed by atoms with E-state index in [1.165, 1.54) is 36.4 Å². The fourth-order valence-corrected chi connectivity index (χ4v) is 4.78. The van der Waals surface area contributed by atoms with E-state index in [-0.39, 0.29) is 29.9 Å². The number of hydrogen-bond donors (Lipinski definition) is 0. The molecule has 0 spiro atoms. The number of hydrogen-bond acceptors (Lipinski definition) is 6. The molecule has 190 valence electrons. The molecule has 2 atom stereocenters. The number of rotatable bonds is 5. The van der Waals surface area contributed by atoms with Crippen molar-refractivity contribution >= 4 is 11.8 Å². The third kappa shape index (κ3) is 5.24. The number of piperidine rings is 1. The van der Waals surface area contributed by atoms with E-state index in [0.29, 0.717) is 25.7 Å². The summed E-state index contributed by atoms with van der Waals surface area (Å²) in [6.45, 7) is 1.39. The zero-order valence-corrected chi connectivity index (χ0v) is 19.3. The van der Waals surface area contributed by atoms with Gasteiger partial charge in [0.05, 0.1) is 17.2 Å². The Labute approximate surface area is 205 Å². The third-order valence-electron chi connectivity index (χ3n) is 6.91. The predicted octanol–water partition coefficient (Wildman–Crippen LogP) is 5.18. The van der Waals surface area contributed by atoms with E-state index < -0.39 is 22.8 Å². The van der Waals surface area contributed by atoms with Crippen molar-refractivity contribution in [3.05, 3.63) is 82.2 Å². The molecule has 36 heavy (non-hydrogen) atoms. The van der Waals surface area contributed by atoms with E-state index in [4.69, 9.17) is 4.74 Å². The molecule has 0 aromatic heterocycles. The van der Waals surface area contributed by atoms with Gasteiger partial charge in [0, 0.05) is 55.6 Å². The van der Waals surface area contributed by atoms with Gasteiger partial charge in [-0.1, -0.05) is 12.1 Å². The summed E-state index contributed by atoms with van der Waals surface area (Å²) in [5.41, 5.74) is -0.102. The maximum Gasteiger partial charge on any atom is 0.416 e. The number of ether oxygens (including phenoxy) is 1. The quantitative estimate of drug-likeness (QED) is 0.414. The summed E-state index contributed by atoms with van der Waals surface area (Å²) < 4.78 is 44.6. The lowest BCUT2D eigenvalue weighted by molar-refractivity contribution is -0.384. The molecule has 0 N–H and O–H groups in total. The maximum absolute atomic E-state index is 13.1. The van der Waals surface area contributed by atoms with Gasteiger partial charge in [0.25, 0.3) is 5.69 Å². The van der Waals surface area contributed by atoms with E-state index in [1.807, 2.05) is 6.20 Å². The van der Waals surface area contributed by atoms with Gasteiger partial charge in [0.2, 0.25) is 0 Å². The molecule has 1 aliphatic carbocycles. The number of nitro benzene ring substituents is 1. The van der Waals surface area contributed by atoms with Crippen LogP contribution in [0.5, 0.6) is 5.75 Å². The summed E-state index contributed by atoms with van der Waals surface area (Å²) in [6.07, 6.45) is 2.04. The molecule has 1 saturated carbocycles. The maximum atomic E-state index is 13.1. The molecule has 3 aliphatic rings. The second-order valence-corrected chi connectivity index (χ2v) is 9.43. The van der Waals surface area contributed by atoms with Crippen molar-refractivity contribution in [2.75, 3.05) is 19.8 Å². The Hall–Kier alpha value is -3.76. The molecule has 2 aromatic carbocycles. The number of likely N-dealkylation sites (tertiary alicyclic amines) is 1. The van der Waals surface area contributed by atoms with Crippen LogP contribution in [0.2, 0.25) is 0 Å². The van der Waals surface area contributed by atoms with Crippen LogP contribution < -0.4 is 4.74 Å². The van der Waals surface area contributed by atoms with Gasteiger partial charge >= 0.3 is 12.3 Å². The van der Waals surface area contributed by atoms with Gasteiger partial charge in [-0.3, -0.25) is 10.1 Å². The summed E-state index contributed by atoms with van der Waals surface area (Å²) in [5, 5.41) is 10.9. The van der Waals surface area contributed by atoms with E-state index in [2.05, 4.69) is 16.0 Å². The Kier molecular flexibility index (Phi) is 6.23. The second-order valence-electron chi connectivity index (χ2n) is 9.43. The minimum absolute atomic E-state index is 0.0459. The van der Waals surface area contributed by atoms with E-state index in [1.54, 1.807) is 4.90 Å². The number of benzene rings is 2. The highest BCUT2D eigenvalue weighted by atomic mass is 19.4. The zero-order valence-electron chi connectivity index (χ0n) is 19.3. The van der Waals surface area contributed by atoms with Crippen molar-refractivity contribution in [2.24, 2.45) is 0 Å². The van der Waals surface area contributed by atoms with E-state index >= 15 is 0 Å². The van der Waals surface area contributed by atoms with Gasteiger partial charge in [0.1, 0.15) is 5.75 Å². The summed E-state index contributed by atoms with van der Waals surface area (Å²) in [6, 6.07) is 10.8. The first-order valence-corrected chi connectivity index (χ1v) is 11.8. The largest absolute Gasteiger partial charge is 0.416 e. The molecular weight excluding hydrogens is 477 g/mol. The highest BCUT2D eigenvalue weighted by molar-refractivity contribution is 5.71. The monoisotopic (exact) mass is 502 g/mol. The van der Waals surface area contributed by atoms with E-state index in [0.717, 1.165) is 30.5 Å². The van der Waals surface area contributed by atoms with Crippen molar-refractivity contribution in [1.29, 1.82) is 0 Å². The highest BCUT2D eigenvalue weighted by Crippen LogP contribution is 2.36. The van der Waals surface area contributed by atoms with E-state index in [9.17, 15) is 28.1 Å². The number of carbonyl (C=O) groups excluding carboxylic acids is 1. The second kappa shape index (κ2) is 9.36. The van der Waals surface area contributed by atoms with Crippen LogP contribution >= 0.6 is 0 Å². The van der Waals surface area contributed by atoms with Crippen LogP contribution in [-0.4, -0.2) is 57.6 Å². The van der Waals surface area contributed by atoms with Crippen LogP contribution in [-0.2, 0) is 6.18 Å². The number of amides is 1. The van der Waals surface area contributed by atoms with Crippen LogP contribution in [0.1, 0.15) is 36.3 Å². The predicted molar refractivity (Wildman–Crippen MR) is 124 cm³/mol. The Morgan fingerprint density at radius 2 is 1.58 bits per heavy atom. The highest BCUT2D eigenvalue weighted by Gasteiger charge is 2.38. The average molecular weight is 502 g/mol. The number of alkyl halides is 3. The number of nitrogens with zero attached hydrogens (tertiary/aromatic N) is 4. The van der Waals surface area contributed by atoms with Crippen molar-refractivity contribution in [3.8, 4) is 5.75 Å². The summed E-state index contributed by atoms with van der Waals surface area (Å²) in [7, 11) is 0. The zero-order chi connectivity index (χ0) is 25.4. The standard InChI is InChI=1S/C25H25F3N4O4/c26-25(27,28)19-3-1-17(2-4-19)18-13-22(30-12-11-29(16-30)20-5-6-20)15-31(14-18)24(33)36-23-9-7-21(8-10-23)32(34)35/h1-4,7-12,18,20,22H,5-6,13-16H2. The molecule has 2 aliphatic heterocycles. The molecule has 2 heterocycles. The smallest absolute Gasteiger partial charge is 0.410 e. The summed E-state index contributed by atoms with van der Waals surface area (Å²) in [5.74, 6) is -0.00130. The van der Waals surface area contributed by atoms with Gasteiger partial charge < -0.3 is 19.4 Å². The van der Waals surface area contributed by atoms with Gasteiger partial charge in [-0.05, 0) is 49.1 Å². The lowest BCUT2D eigenvalue weighted by atomic mass is 9.87. The Morgan fingerprint density at radius 3 is 2.17 bits per heavy atom. The number of carbonyl (C=O) groups is 1. The number of nitro groups is 1. The molecule has 1 amide bonds. The normalized spacial score (nSPS) is 22.1. The Bertz CT molecular complexity index is 1150. The molecule has 2 fully saturated rings. The SMILES string of the molecule is O=C(Oc1ccc([N+](=O)[O-])cc1)N1CC(c2ccc(C(F)(F)F)cc2)CC(N2C=CN(C3CC3)C2)C1. The molecule has 2 aromatic rings. The molecular formula is C25H25F3N4O4. The molecule has 0 bridgehead atoms. The first-order valence-electron chi connectivity index (χ1n) is 11.8. The molecule has 2 unspecified atom stereocenters. The van der Waals surface area contributed by atoms with Crippen LogP contribution in [0.15, 0.2) is 60.9 Å². The minimum atomic E-state index is -4.42. The molecule has 1 saturated heterocycles. The average Bonchev–Trinajstić information content (AvgIpc) is 3.59. The molecule has 0 radical (unpaired) electrons. The fourth-order valence-electron chi connectivity index (χ4n) is 4.78. The van der Waals surface area contributed by atoms with Crippen LogP contribution in [0, 0.1) is 10.1 Å². The van der Waals surface area contributed by atoms with Crippen LogP contribution in [0.4, 0.5) is 23.7 Å².